The molecule has 0 aromatic carbocycles. The predicted octanol–water partition coefficient (Wildman–Crippen LogP) is 1.63. The van der Waals surface area contributed by atoms with Gasteiger partial charge in [-0.1, -0.05) is 0 Å². The van der Waals surface area contributed by atoms with Crippen molar-refractivity contribution in [3.63, 3.8) is 0 Å². The molecule has 2 heterocycles. The van der Waals surface area contributed by atoms with Crippen molar-refractivity contribution in [3.8, 4) is 0 Å². The SMILES string of the molecule is Cc1cc(NC(=O)c2cnco2)ccn1. The molecular formula is C10H9N3O2. The smallest absolute Gasteiger partial charge is 0.293 e. The zero-order chi connectivity index (χ0) is 10.7. The molecule has 15 heavy (non-hydrogen) atoms. The lowest BCUT2D eigenvalue weighted by atomic mass is 10.3. The van der Waals surface area contributed by atoms with E-state index in [2.05, 4.69) is 15.3 Å². The molecule has 2 aromatic rings. The van der Waals surface area contributed by atoms with Crippen LogP contribution in [-0.2, 0) is 0 Å². The van der Waals surface area contributed by atoms with Crippen molar-refractivity contribution in [2.45, 2.75) is 6.92 Å². The first-order chi connectivity index (χ1) is 7.25. The van der Waals surface area contributed by atoms with Crippen LogP contribution in [0.25, 0.3) is 0 Å². The van der Waals surface area contributed by atoms with E-state index < -0.39 is 0 Å². The lowest BCUT2D eigenvalue weighted by Crippen LogP contribution is -2.10. The summed E-state index contributed by atoms with van der Waals surface area (Å²) in [5, 5.41) is 2.67. The van der Waals surface area contributed by atoms with Crippen molar-refractivity contribution in [2.24, 2.45) is 0 Å². The van der Waals surface area contributed by atoms with Gasteiger partial charge in [0.2, 0.25) is 5.76 Å². The Labute approximate surface area is 86.2 Å². The van der Waals surface area contributed by atoms with Gasteiger partial charge in [0.15, 0.2) is 6.39 Å². The van der Waals surface area contributed by atoms with Gasteiger partial charge in [0.1, 0.15) is 0 Å². The molecule has 2 rings (SSSR count). The normalized spacial score (nSPS) is 9.93. The predicted molar refractivity (Wildman–Crippen MR) is 53.4 cm³/mol. The number of aromatic nitrogens is 2. The van der Waals surface area contributed by atoms with Crippen LogP contribution >= 0.6 is 0 Å². The van der Waals surface area contributed by atoms with Gasteiger partial charge in [-0.2, -0.15) is 0 Å². The van der Waals surface area contributed by atoms with E-state index >= 15 is 0 Å². The maximum absolute atomic E-state index is 11.5. The highest BCUT2D eigenvalue weighted by molar-refractivity contribution is 6.01. The molecule has 5 heteroatoms. The van der Waals surface area contributed by atoms with Crippen molar-refractivity contribution in [1.29, 1.82) is 0 Å². The van der Waals surface area contributed by atoms with Crippen molar-refractivity contribution in [1.82, 2.24) is 9.97 Å². The van der Waals surface area contributed by atoms with Gasteiger partial charge in [-0.05, 0) is 19.1 Å². The minimum atomic E-state index is -0.321. The second-order valence-corrected chi connectivity index (χ2v) is 3.01. The molecular weight excluding hydrogens is 194 g/mol. The van der Waals surface area contributed by atoms with Gasteiger partial charge >= 0.3 is 0 Å². The molecule has 0 bridgehead atoms. The fourth-order valence-electron chi connectivity index (χ4n) is 1.14. The van der Waals surface area contributed by atoms with Gasteiger partial charge in [-0.15, -0.1) is 0 Å². The summed E-state index contributed by atoms with van der Waals surface area (Å²) in [6.07, 6.45) is 4.21. The highest BCUT2D eigenvalue weighted by Gasteiger charge is 2.08. The molecule has 0 aliphatic heterocycles. The van der Waals surface area contributed by atoms with E-state index in [0.717, 1.165) is 5.69 Å². The standard InChI is InChI=1S/C10H9N3O2/c1-7-4-8(2-3-12-7)13-10(14)9-5-11-6-15-9/h2-6H,1H3,(H,12,13,14). The summed E-state index contributed by atoms with van der Waals surface area (Å²) < 4.78 is 4.86. The minimum absolute atomic E-state index is 0.185. The lowest BCUT2D eigenvalue weighted by Gasteiger charge is -2.02. The number of aryl methyl sites for hydroxylation is 1. The number of rotatable bonds is 2. The molecule has 0 fully saturated rings. The molecule has 0 atom stereocenters. The first-order valence-electron chi connectivity index (χ1n) is 4.38. The Kier molecular flexibility index (Phi) is 2.45. The summed E-state index contributed by atoms with van der Waals surface area (Å²) in [7, 11) is 0. The molecule has 1 amide bonds. The quantitative estimate of drug-likeness (QED) is 0.805. The third-order valence-corrected chi connectivity index (χ3v) is 1.81. The number of anilines is 1. The zero-order valence-electron chi connectivity index (χ0n) is 8.10. The number of pyridine rings is 1. The van der Waals surface area contributed by atoms with Gasteiger partial charge in [0.05, 0.1) is 6.20 Å². The Hall–Kier alpha value is -2.17. The number of carbonyl (C=O) groups is 1. The first-order valence-corrected chi connectivity index (χ1v) is 4.38. The Balaban J connectivity index is 2.13. The van der Waals surface area contributed by atoms with Crippen molar-refractivity contribution >= 4 is 11.6 Å². The van der Waals surface area contributed by atoms with Gasteiger partial charge in [-0.25, -0.2) is 4.98 Å². The second-order valence-electron chi connectivity index (χ2n) is 3.01. The number of nitrogens with zero attached hydrogens (tertiary/aromatic N) is 2. The van der Waals surface area contributed by atoms with Crippen LogP contribution in [0, 0.1) is 6.92 Å². The summed E-state index contributed by atoms with van der Waals surface area (Å²) >= 11 is 0. The highest BCUT2D eigenvalue weighted by Crippen LogP contribution is 2.09. The van der Waals surface area contributed by atoms with Crippen LogP contribution < -0.4 is 5.32 Å². The van der Waals surface area contributed by atoms with Crippen LogP contribution in [0.15, 0.2) is 35.3 Å². The molecule has 5 nitrogen and oxygen atoms in total. The summed E-state index contributed by atoms with van der Waals surface area (Å²) in [5.74, 6) is -0.137. The van der Waals surface area contributed by atoms with Crippen LogP contribution in [0.3, 0.4) is 0 Å². The Morgan fingerprint density at radius 1 is 1.53 bits per heavy atom. The number of amides is 1. The van der Waals surface area contributed by atoms with E-state index in [1.807, 2.05) is 6.92 Å². The van der Waals surface area contributed by atoms with E-state index in [-0.39, 0.29) is 11.7 Å². The zero-order valence-corrected chi connectivity index (χ0v) is 8.10. The van der Waals surface area contributed by atoms with Crippen molar-refractivity contribution in [2.75, 3.05) is 5.32 Å². The van der Waals surface area contributed by atoms with Crippen LogP contribution in [0.4, 0.5) is 5.69 Å². The Morgan fingerprint density at radius 3 is 3.07 bits per heavy atom. The average molecular weight is 203 g/mol. The van der Waals surface area contributed by atoms with Gasteiger partial charge in [-0.3, -0.25) is 9.78 Å². The molecule has 0 saturated carbocycles. The molecule has 76 valence electrons. The van der Waals surface area contributed by atoms with E-state index in [9.17, 15) is 4.79 Å². The largest absolute Gasteiger partial charge is 0.438 e. The third-order valence-electron chi connectivity index (χ3n) is 1.81. The molecule has 1 N–H and O–H groups in total. The topological polar surface area (TPSA) is 68.0 Å². The van der Waals surface area contributed by atoms with Crippen molar-refractivity contribution < 1.29 is 9.21 Å². The number of hydrogen-bond donors (Lipinski definition) is 1. The summed E-state index contributed by atoms with van der Waals surface area (Å²) in [5.41, 5.74) is 1.52. The maximum Gasteiger partial charge on any atom is 0.293 e. The van der Waals surface area contributed by atoms with Crippen molar-refractivity contribution in [3.05, 3.63) is 42.4 Å². The highest BCUT2D eigenvalue weighted by atomic mass is 16.3. The van der Waals surface area contributed by atoms with Crippen LogP contribution in [0.1, 0.15) is 16.2 Å². The minimum Gasteiger partial charge on any atom is -0.438 e. The molecule has 0 radical (unpaired) electrons. The van der Waals surface area contributed by atoms with Crippen LogP contribution in [0.5, 0.6) is 0 Å². The Bertz CT molecular complexity index is 465. The molecule has 2 aromatic heterocycles. The van der Waals surface area contributed by atoms with Crippen LogP contribution in [0.2, 0.25) is 0 Å². The van der Waals surface area contributed by atoms with Crippen LogP contribution in [-0.4, -0.2) is 15.9 Å². The Morgan fingerprint density at radius 2 is 2.40 bits per heavy atom. The summed E-state index contributed by atoms with van der Waals surface area (Å²) in [6.45, 7) is 1.85. The summed E-state index contributed by atoms with van der Waals surface area (Å²) in [6, 6.07) is 3.48. The molecule has 0 saturated heterocycles. The number of oxazole rings is 1. The van der Waals surface area contributed by atoms with Gasteiger partial charge in [0.25, 0.3) is 5.91 Å². The number of nitrogens with one attached hydrogen (secondary N) is 1. The fraction of sp³-hybridized carbons (Fsp3) is 0.100. The summed E-state index contributed by atoms with van der Waals surface area (Å²) in [4.78, 5) is 19.2. The maximum atomic E-state index is 11.5. The fourth-order valence-corrected chi connectivity index (χ4v) is 1.14. The number of hydrogen-bond acceptors (Lipinski definition) is 4. The first kappa shape index (κ1) is 9.39. The van der Waals surface area contributed by atoms with Gasteiger partial charge < -0.3 is 9.73 Å². The van der Waals surface area contributed by atoms with E-state index in [4.69, 9.17) is 4.42 Å². The average Bonchev–Trinajstić information content (AvgIpc) is 2.70. The van der Waals surface area contributed by atoms with E-state index in [0.29, 0.717) is 5.69 Å². The van der Waals surface area contributed by atoms with E-state index in [1.165, 1.54) is 12.6 Å². The molecule has 0 spiro atoms. The second kappa shape index (κ2) is 3.91. The third kappa shape index (κ3) is 2.19. The lowest BCUT2D eigenvalue weighted by molar-refractivity contribution is 0.0996. The molecule has 0 aliphatic carbocycles. The number of carbonyl (C=O) groups excluding carboxylic acids is 1. The monoisotopic (exact) mass is 203 g/mol. The molecule has 0 aliphatic rings. The van der Waals surface area contributed by atoms with E-state index in [1.54, 1.807) is 18.3 Å². The van der Waals surface area contributed by atoms with Gasteiger partial charge in [0, 0.05) is 17.6 Å². The molecule has 0 unspecified atom stereocenters.